The molecule has 0 unspecified atom stereocenters. The van der Waals surface area contributed by atoms with Crippen molar-refractivity contribution < 1.29 is 4.79 Å². The van der Waals surface area contributed by atoms with E-state index in [1.807, 2.05) is 55.5 Å². The molecule has 0 aromatic heterocycles. The Bertz CT molecular complexity index is 590. The monoisotopic (exact) mass is 268 g/mol. The highest BCUT2D eigenvalue weighted by Gasteiger charge is 2.16. The van der Waals surface area contributed by atoms with Gasteiger partial charge in [-0.05, 0) is 43.7 Å². The van der Waals surface area contributed by atoms with Crippen molar-refractivity contribution in [3.8, 4) is 0 Å². The molecular formula is C17H20N2O. The Morgan fingerprint density at radius 2 is 1.75 bits per heavy atom. The van der Waals surface area contributed by atoms with Crippen LogP contribution in [0.5, 0.6) is 0 Å². The van der Waals surface area contributed by atoms with Crippen LogP contribution >= 0.6 is 0 Å². The Kier molecular flexibility index (Phi) is 4.53. The summed E-state index contributed by atoms with van der Waals surface area (Å²) in [6.45, 7) is 2.57. The van der Waals surface area contributed by atoms with E-state index >= 15 is 0 Å². The SMILES string of the molecule is Cc1ccc(N(C)C(=O)c2ccccc2CCN)cc1. The number of carbonyl (C=O) groups is 1. The first-order valence-electron chi connectivity index (χ1n) is 6.76. The maximum atomic E-state index is 12.6. The fourth-order valence-corrected chi connectivity index (χ4v) is 2.17. The van der Waals surface area contributed by atoms with E-state index in [4.69, 9.17) is 5.73 Å². The molecule has 2 N–H and O–H groups in total. The summed E-state index contributed by atoms with van der Waals surface area (Å²) < 4.78 is 0. The van der Waals surface area contributed by atoms with Crippen molar-refractivity contribution in [1.82, 2.24) is 0 Å². The minimum Gasteiger partial charge on any atom is -0.330 e. The molecule has 0 saturated carbocycles. The maximum Gasteiger partial charge on any atom is 0.258 e. The zero-order valence-electron chi connectivity index (χ0n) is 12.0. The second-order valence-electron chi connectivity index (χ2n) is 4.90. The number of hydrogen-bond donors (Lipinski definition) is 1. The van der Waals surface area contributed by atoms with E-state index in [1.54, 1.807) is 11.9 Å². The Labute approximate surface area is 120 Å². The van der Waals surface area contributed by atoms with E-state index in [-0.39, 0.29) is 5.91 Å². The molecule has 104 valence electrons. The van der Waals surface area contributed by atoms with Gasteiger partial charge in [-0.15, -0.1) is 0 Å². The van der Waals surface area contributed by atoms with Crippen molar-refractivity contribution in [2.75, 3.05) is 18.5 Å². The van der Waals surface area contributed by atoms with Crippen LogP contribution in [0.4, 0.5) is 5.69 Å². The number of hydrogen-bond acceptors (Lipinski definition) is 2. The lowest BCUT2D eigenvalue weighted by atomic mass is 10.0. The van der Waals surface area contributed by atoms with Gasteiger partial charge in [0.2, 0.25) is 0 Å². The summed E-state index contributed by atoms with van der Waals surface area (Å²) >= 11 is 0. The third kappa shape index (κ3) is 3.06. The molecule has 3 heteroatoms. The van der Waals surface area contributed by atoms with Crippen molar-refractivity contribution in [3.05, 3.63) is 65.2 Å². The smallest absolute Gasteiger partial charge is 0.258 e. The van der Waals surface area contributed by atoms with E-state index in [2.05, 4.69) is 0 Å². The van der Waals surface area contributed by atoms with Gasteiger partial charge in [-0.2, -0.15) is 0 Å². The van der Waals surface area contributed by atoms with E-state index in [1.165, 1.54) is 5.56 Å². The van der Waals surface area contributed by atoms with Crippen LogP contribution in [0, 0.1) is 6.92 Å². The third-order valence-corrected chi connectivity index (χ3v) is 3.39. The van der Waals surface area contributed by atoms with Gasteiger partial charge in [0.25, 0.3) is 5.91 Å². The summed E-state index contributed by atoms with van der Waals surface area (Å²) in [6.07, 6.45) is 0.712. The summed E-state index contributed by atoms with van der Waals surface area (Å²) in [7, 11) is 1.80. The van der Waals surface area contributed by atoms with Gasteiger partial charge in [0.15, 0.2) is 0 Å². The van der Waals surface area contributed by atoms with Crippen LogP contribution < -0.4 is 10.6 Å². The Morgan fingerprint density at radius 3 is 2.40 bits per heavy atom. The first-order chi connectivity index (χ1) is 9.63. The predicted octanol–water partition coefficient (Wildman–Crippen LogP) is 2.77. The lowest BCUT2D eigenvalue weighted by Crippen LogP contribution is -2.27. The van der Waals surface area contributed by atoms with Crippen molar-refractivity contribution in [1.29, 1.82) is 0 Å². The molecule has 0 fully saturated rings. The number of carbonyl (C=O) groups excluding carboxylic acids is 1. The number of aryl methyl sites for hydroxylation is 1. The molecule has 0 saturated heterocycles. The molecule has 0 atom stereocenters. The maximum absolute atomic E-state index is 12.6. The predicted molar refractivity (Wildman–Crippen MR) is 83.1 cm³/mol. The highest BCUT2D eigenvalue weighted by molar-refractivity contribution is 6.06. The van der Waals surface area contributed by atoms with Gasteiger partial charge >= 0.3 is 0 Å². The number of nitrogens with zero attached hydrogens (tertiary/aromatic N) is 1. The number of nitrogens with two attached hydrogens (primary N) is 1. The average molecular weight is 268 g/mol. The summed E-state index contributed by atoms with van der Waals surface area (Å²) in [6, 6.07) is 15.6. The molecule has 0 bridgehead atoms. The normalized spacial score (nSPS) is 10.3. The number of rotatable bonds is 4. The molecule has 0 spiro atoms. The van der Waals surface area contributed by atoms with Crippen LogP contribution in [0.1, 0.15) is 21.5 Å². The molecule has 0 heterocycles. The molecular weight excluding hydrogens is 248 g/mol. The van der Waals surface area contributed by atoms with Crippen molar-refractivity contribution in [2.24, 2.45) is 5.73 Å². The molecule has 2 aromatic rings. The molecule has 1 amide bonds. The van der Waals surface area contributed by atoms with Crippen molar-refractivity contribution in [3.63, 3.8) is 0 Å². The third-order valence-electron chi connectivity index (χ3n) is 3.39. The van der Waals surface area contributed by atoms with Crippen LogP contribution in [0.25, 0.3) is 0 Å². The molecule has 20 heavy (non-hydrogen) atoms. The standard InChI is InChI=1S/C17H20N2O/c1-13-7-9-15(10-8-13)19(2)17(20)16-6-4-3-5-14(16)11-12-18/h3-10H,11-12,18H2,1-2H3. The molecule has 0 aliphatic carbocycles. The molecule has 2 rings (SSSR count). The fourth-order valence-electron chi connectivity index (χ4n) is 2.17. The fraction of sp³-hybridized carbons (Fsp3) is 0.235. The second kappa shape index (κ2) is 6.35. The second-order valence-corrected chi connectivity index (χ2v) is 4.90. The zero-order valence-corrected chi connectivity index (χ0v) is 12.0. The number of amides is 1. The van der Waals surface area contributed by atoms with Crippen LogP contribution in [-0.2, 0) is 6.42 Å². The molecule has 0 aliphatic rings. The lowest BCUT2D eigenvalue weighted by Gasteiger charge is -2.19. The van der Waals surface area contributed by atoms with Crippen LogP contribution in [0.3, 0.4) is 0 Å². The van der Waals surface area contributed by atoms with Gasteiger partial charge in [-0.1, -0.05) is 35.9 Å². The molecule has 3 nitrogen and oxygen atoms in total. The minimum atomic E-state index is -0.00194. The molecule has 0 radical (unpaired) electrons. The average Bonchev–Trinajstić information content (AvgIpc) is 2.47. The Balaban J connectivity index is 2.29. The largest absolute Gasteiger partial charge is 0.330 e. The summed E-state index contributed by atoms with van der Waals surface area (Å²) in [5.41, 5.74) is 9.40. The van der Waals surface area contributed by atoms with E-state index in [0.717, 1.165) is 16.8 Å². The van der Waals surface area contributed by atoms with E-state index in [9.17, 15) is 4.79 Å². The number of anilines is 1. The summed E-state index contributed by atoms with van der Waals surface area (Å²) in [4.78, 5) is 14.3. The number of benzene rings is 2. The topological polar surface area (TPSA) is 46.3 Å². The summed E-state index contributed by atoms with van der Waals surface area (Å²) in [5, 5.41) is 0. The van der Waals surface area contributed by atoms with Crippen LogP contribution in [0.2, 0.25) is 0 Å². The van der Waals surface area contributed by atoms with Crippen LogP contribution in [-0.4, -0.2) is 19.5 Å². The molecule has 2 aromatic carbocycles. The van der Waals surface area contributed by atoms with Gasteiger partial charge in [0, 0.05) is 18.3 Å². The Hall–Kier alpha value is -2.13. The van der Waals surface area contributed by atoms with Gasteiger partial charge < -0.3 is 10.6 Å². The quantitative estimate of drug-likeness (QED) is 0.926. The summed E-state index contributed by atoms with van der Waals surface area (Å²) in [5.74, 6) is -0.00194. The zero-order chi connectivity index (χ0) is 14.5. The highest BCUT2D eigenvalue weighted by atomic mass is 16.2. The van der Waals surface area contributed by atoms with Gasteiger partial charge in [-0.3, -0.25) is 4.79 Å². The first kappa shape index (κ1) is 14.3. The lowest BCUT2D eigenvalue weighted by molar-refractivity contribution is 0.0992. The van der Waals surface area contributed by atoms with Crippen LogP contribution in [0.15, 0.2) is 48.5 Å². The van der Waals surface area contributed by atoms with E-state index in [0.29, 0.717) is 13.0 Å². The van der Waals surface area contributed by atoms with Crippen molar-refractivity contribution in [2.45, 2.75) is 13.3 Å². The Morgan fingerprint density at radius 1 is 1.10 bits per heavy atom. The van der Waals surface area contributed by atoms with Gasteiger partial charge in [0.05, 0.1) is 0 Å². The highest BCUT2D eigenvalue weighted by Crippen LogP contribution is 2.18. The van der Waals surface area contributed by atoms with Gasteiger partial charge in [-0.25, -0.2) is 0 Å². The molecule has 0 aliphatic heterocycles. The van der Waals surface area contributed by atoms with Crippen molar-refractivity contribution >= 4 is 11.6 Å². The minimum absolute atomic E-state index is 0.00194. The van der Waals surface area contributed by atoms with E-state index < -0.39 is 0 Å². The first-order valence-corrected chi connectivity index (χ1v) is 6.76. The van der Waals surface area contributed by atoms with Gasteiger partial charge in [0.1, 0.15) is 0 Å².